The average molecular weight is 271 g/mol. The second-order valence-electron chi connectivity index (χ2n) is 2.35. The molecule has 0 heterocycles. The molecule has 0 aliphatic heterocycles. The number of nitrogens with two attached hydrogens (primary N) is 2. The van der Waals surface area contributed by atoms with Crippen molar-refractivity contribution in [1.29, 1.82) is 0 Å². The van der Waals surface area contributed by atoms with Gasteiger partial charge in [0, 0.05) is 13.0 Å². The smallest absolute Gasteiger partial charge is 0.186 e. The zero-order valence-electron chi connectivity index (χ0n) is 6.49. The first-order valence-electron chi connectivity index (χ1n) is 3.44. The van der Waals surface area contributed by atoms with Crippen LogP contribution in [0.25, 0.3) is 0 Å². The standard InChI is InChI=1S/C6H13N3O.HI/c1-2-10-5-3-4(5)9-6(7)8;/h4-5H,2-3H2,1H3,(H4,7,8,9);1H. The van der Waals surface area contributed by atoms with Gasteiger partial charge in [0.05, 0.1) is 12.1 Å². The van der Waals surface area contributed by atoms with Crippen molar-refractivity contribution in [2.45, 2.75) is 25.5 Å². The molecule has 1 saturated carbocycles. The fourth-order valence-electron chi connectivity index (χ4n) is 0.880. The lowest BCUT2D eigenvalue weighted by atomic mass is 10.7. The monoisotopic (exact) mass is 271 g/mol. The molecule has 0 aromatic carbocycles. The number of aliphatic imine (C=N–C) groups is 1. The summed E-state index contributed by atoms with van der Waals surface area (Å²) < 4.78 is 5.25. The Hall–Kier alpha value is -0.0400. The Balaban J connectivity index is 0.000001000. The van der Waals surface area contributed by atoms with E-state index in [9.17, 15) is 0 Å². The Morgan fingerprint density at radius 2 is 2.27 bits per heavy atom. The molecule has 0 radical (unpaired) electrons. The molecule has 0 bridgehead atoms. The maximum absolute atomic E-state index is 5.25. The summed E-state index contributed by atoms with van der Waals surface area (Å²) in [4.78, 5) is 3.94. The normalized spacial score (nSPS) is 27.0. The van der Waals surface area contributed by atoms with Crippen LogP contribution in [0, 0.1) is 0 Å². The van der Waals surface area contributed by atoms with Gasteiger partial charge in [-0.05, 0) is 6.92 Å². The lowest BCUT2D eigenvalue weighted by molar-refractivity contribution is 0.129. The Morgan fingerprint density at radius 3 is 2.73 bits per heavy atom. The molecule has 66 valence electrons. The molecule has 0 aromatic rings. The molecule has 1 rings (SSSR count). The average Bonchev–Trinajstić information content (AvgIpc) is 2.47. The number of nitrogens with zero attached hydrogens (tertiary/aromatic N) is 1. The highest BCUT2D eigenvalue weighted by molar-refractivity contribution is 14.0. The van der Waals surface area contributed by atoms with Gasteiger partial charge in [0.25, 0.3) is 0 Å². The lowest BCUT2D eigenvalue weighted by Gasteiger charge is -1.94. The van der Waals surface area contributed by atoms with Gasteiger partial charge in [-0.25, -0.2) is 4.99 Å². The molecule has 5 heteroatoms. The van der Waals surface area contributed by atoms with E-state index in [1.165, 1.54) is 0 Å². The van der Waals surface area contributed by atoms with Crippen LogP contribution in [0.4, 0.5) is 0 Å². The zero-order valence-corrected chi connectivity index (χ0v) is 8.82. The van der Waals surface area contributed by atoms with Crippen molar-refractivity contribution in [3.63, 3.8) is 0 Å². The molecule has 2 atom stereocenters. The first kappa shape index (κ1) is 11.0. The van der Waals surface area contributed by atoms with E-state index in [2.05, 4.69) is 4.99 Å². The molecule has 1 fully saturated rings. The second kappa shape index (κ2) is 4.76. The van der Waals surface area contributed by atoms with E-state index in [1.54, 1.807) is 0 Å². The number of guanidine groups is 1. The second-order valence-corrected chi connectivity index (χ2v) is 2.35. The van der Waals surface area contributed by atoms with Crippen molar-refractivity contribution in [3.8, 4) is 0 Å². The Labute approximate surface area is 83.4 Å². The van der Waals surface area contributed by atoms with Crippen molar-refractivity contribution >= 4 is 29.9 Å². The van der Waals surface area contributed by atoms with Gasteiger partial charge in [0.1, 0.15) is 0 Å². The van der Waals surface area contributed by atoms with Gasteiger partial charge in [0.2, 0.25) is 0 Å². The van der Waals surface area contributed by atoms with Gasteiger partial charge in [0.15, 0.2) is 5.96 Å². The first-order chi connectivity index (χ1) is 4.74. The number of rotatable bonds is 3. The summed E-state index contributed by atoms with van der Waals surface area (Å²) in [6, 6.07) is 0.227. The molecular formula is C6H14IN3O. The van der Waals surface area contributed by atoms with Crippen LogP contribution in [0.3, 0.4) is 0 Å². The quantitative estimate of drug-likeness (QED) is 0.433. The van der Waals surface area contributed by atoms with Crippen LogP contribution in [-0.2, 0) is 4.74 Å². The number of ether oxygens (including phenoxy) is 1. The van der Waals surface area contributed by atoms with E-state index in [1.807, 2.05) is 6.92 Å². The SMILES string of the molecule is CCOC1CC1N=C(N)N.I. The lowest BCUT2D eigenvalue weighted by Crippen LogP contribution is -2.23. The van der Waals surface area contributed by atoms with Gasteiger partial charge in [-0.3, -0.25) is 0 Å². The number of hydrogen-bond donors (Lipinski definition) is 2. The fraction of sp³-hybridized carbons (Fsp3) is 0.833. The van der Waals surface area contributed by atoms with Crippen LogP contribution in [0.2, 0.25) is 0 Å². The molecule has 4 N–H and O–H groups in total. The van der Waals surface area contributed by atoms with E-state index in [4.69, 9.17) is 16.2 Å². The summed E-state index contributed by atoms with van der Waals surface area (Å²) in [5.41, 5.74) is 10.3. The van der Waals surface area contributed by atoms with Gasteiger partial charge >= 0.3 is 0 Å². The van der Waals surface area contributed by atoms with E-state index < -0.39 is 0 Å². The summed E-state index contributed by atoms with van der Waals surface area (Å²) in [5, 5.41) is 0. The highest BCUT2D eigenvalue weighted by atomic mass is 127. The molecule has 2 unspecified atom stereocenters. The van der Waals surface area contributed by atoms with E-state index in [0.29, 0.717) is 0 Å². The van der Waals surface area contributed by atoms with E-state index in [0.717, 1.165) is 13.0 Å². The summed E-state index contributed by atoms with van der Waals surface area (Å²) in [6.45, 7) is 2.70. The molecule has 11 heavy (non-hydrogen) atoms. The topological polar surface area (TPSA) is 73.6 Å². The molecule has 4 nitrogen and oxygen atoms in total. The van der Waals surface area contributed by atoms with Crippen LogP contribution in [0.15, 0.2) is 4.99 Å². The van der Waals surface area contributed by atoms with Crippen LogP contribution >= 0.6 is 24.0 Å². The third kappa shape index (κ3) is 3.76. The predicted octanol–water partition coefficient (Wildman–Crippen LogP) is 0.0552. The molecule has 1 aliphatic carbocycles. The number of halogens is 1. The van der Waals surface area contributed by atoms with Crippen LogP contribution in [0.5, 0.6) is 0 Å². The summed E-state index contributed by atoms with van der Waals surface area (Å²) in [7, 11) is 0. The molecule has 0 aromatic heterocycles. The first-order valence-corrected chi connectivity index (χ1v) is 3.44. The third-order valence-corrected chi connectivity index (χ3v) is 1.40. The highest BCUT2D eigenvalue weighted by Crippen LogP contribution is 2.28. The number of hydrogen-bond acceptors (Lipinski definition) is 2. The largest absolute Gasteiger partial charge is 0.376 e. The maximum Gasteiger partial charge on any atom is 0.186 e. The fourth-order valence-corrected chi connectivity index (χ4v) is 0.880. The van der Waals surface area contributed by atoms with Crippen LogP contribution < -0.4 is 11.5 Å². The van der Waals surface area contributed by atoms with Gasteiger partial charge in [-0.15, -0.1) is 24.0 Å². The van der Waals surface area contributed by atoms with Crippen molar-refractivity contribution in [2.24, 2.45) is 16.5 Å². The van der Waals surface area contributed by atoms with Crippen LogP contribution in [-0.4, -0.2) is 24.7 Å². The van der Waals surface area contributed by atoms with E-state index >= 15 is 0 Å². The van der Waals surface area contributed by atoms with Crippen molar-refractivity contribution in [2.75, 3.05) is 6.61 Å². The third-order valence-electron chi connectivity index (χ3n) is 1.40. The molecule has 1 aliphatic rings. The summed E-state index contributed by atoms with van der Waals surface area (Å²) in [6.07, 6.45) is 1.23. The molecule has 0 amide bonds. The Bertz CT molecular complexity index is 147. The van der Waals surface area contributed by atoms with Crippen molar-refractivity contribution in [1.82, 2.24) is 0 Å². The molecule has 0 saturated heterocycles. The van der Waals surface area contributed by atoms with Gasteiger partial charge < -0.3 is 16.2 Å². The Morgan fingerprint density at radius 1 is 1.64 bits per heavy atom. The van der Waals surface area contributed by atoms with Crippen molar-refractivity contribution in [3.05, 3.63) is 0 Å². The molecule has 0 spiro atoms. The predicted molar refractivity (Wildman–Crippen MR) is 55.0 cm³/mol. The minimum atomic E-state index is 0. The minimum Gasteiger partial charge on any atom is -0.376 e. The summed E-state index contributed by atoms with van der Waals surface area (Å²) in [5.74, 6) is 0.159. The van der Waals surface area contributed by atoms with Gasteiger partial charge in [-0.1, -0.05) is 0 Å². The Kier molecular flexibility index (Phi) is 4.74. The minimum absolute atomic E-state index is 0. The maximum atomic E-state index is 5.25. The van der Waals surface area contributed by atoms with Crippen LogP contribution in [0.1, 0.15) is 13.3 Å². The molecular weight excluding hydrogens is 257 g/mol. The highest BCUT2D eigenvalue weighted by Gasteiger charge is 2.37. The summed E-state index contributed by atoms with van der Waals surface area (Å²) >= 11 is 0. The zero-order chi connectivity index (χ0) is 7.56. The van der Waals surface area contributed by atoms with E-state index in [-0.39, 0.29) is 42.1 Å². The van der Waals surface area contributed by atoms with Crippen molar-refractivity contribution < 1.29 is 4.74 Å². The van der Waals surface area contributed by atoms with Gasteiger partial charge in [-0.2, -0.15) is 0 Å².